The number of benzene rings is 2. The van der Waals surface area contributed by atoms with Gasteiger partial charge in [0, 0.05) is 24.2 Å². The van der Waals surface area contributed by atoms with Crippen molar-refractivity contribution < 1.29 is 17.7 Å². The molecule has 2 aromatic carbocycles. The van der Waals surface area contributed by atoms with Crippen LogP contribution in [-0.2, 0) is 22.3 Å². The summed E-state index contributed by atoms with van der Waals surface area (Å²) in [5, 5.41) is 6.73. The third-order valence-corrected chi connectivity index (χ3v) is 5.92. The minimum absolute atomic E-state index is 0.0946. The molecule has 2 N–H and O–H groups in total. The number of carbonyl (C=O) groups excluding carboxylic acids is 1. The van der Waals surface area contributed by atoms with Gasteiger partial charge in [0.1, 0.15) is 5.69 Å². The maximum Gasteiger partial charge on any atom is 0.290 e. The molecule has 3 rings (SSSR count). The molecule has 0 aliphatic carbocycles. The summed E-state index contributed by atoms with van der Waals surface area (Å²) in [5.74, 6) is -0.479. The second-order valence-corrected chi connectivity index (χ2v) is 9.18. The van der Waals surface area contributed by atoms with Gasteiger partial charge in [-0.15, -0.1) is 0 Å². The van der Waals surface area contributed by atoms with Crippen molar-refractivity contribution in [3.05, 3.63) is 77.0 Å². The number of hydrogen-bond donors (Lipinski definition) is 2. The third kappa shape index (κ3) is 5.77. The summed E-state index contributed by atoms with van der Waals surface area (Å²) in [6, 6.07) is 16.3. The van der Waals surface area contributed by atoms with Gasteiger partial charge < -0.3 is 9.84 Å². The Kier molecular flexibility index (Phi) is 6.69. The summed E-state index contributed by atoms with van der Waals surface area (Å²) in [4.78, 5) is 12.5. The maximum absolute atomic E-state index is 12.5. The van der Waals surface area contributed by atoms with Crippen LogP contribution in [0.4, 0.5) is 0 Å². The van der Waals surface area contributed by atoms with E-state index in [-0.39, 0.29) is 24.1 Å². The predicted molar refractivity (Wildman–Crippen MR) is 115 cm³/mol. The number of aromatic nitrogens is 1. The van der Waals surface area contributed by atoms with Gasteiger partial charge in [0.15, 0.2) is 0 Å². The minimum atomic E-state index is -3.47. The lowest BCUT2D eigenvalue weighted by atomic mass is 10.1. The zero-order valence-electron chi connectivity index (χ0n) is 17.2. The van der Waals surface area contributed by atoms with Crippen molar-refractivity contribution in [3.8, 4) is 11.3 Å². The van der Waals surface area contributed by atoms with E-state index >= 15 is 0 Å². The molecule has 3 aromatic rings. The van der Waals surface area contributed by atoms with Crippen LogP contribution in [-0.4, -0.2) is 25.5 Å². The first-order valence-electron chi connectivity index (χ1n) is 9.62. The molecule has 0 aliphatic heterocycles. The zero-order valence-corrected chi connectivity index (χ0v) is 18.0. The lowest BCUT2D eigenvalue weighted by molar-refractivity contribution is 0.0914. The van der Waals surface area contributed by atoms with Crippen molar-refractivity contribution in [2.45, 2.75) is 39.1 Å². The van der Waals surface area contributed by atoms with Gasteiger partial charge in [0.25, 0.3) is 5.91 Å². The van der Waals surface area contributed by atoms with Crippen molar-refractivity contribution in [2.24, 2.45) is 0 Å². The van der Waals surface area contributed by atoms with E-state index in [1.807, 2.05) is 31.2 Å². The van der Waals surface area contributed by atoms with Crippen LogP contribution in [0.2, 0.25) is 0 Å². The molecule has 0 unspecified atom stereocenters. The molecule has 0 saturated carbocycles. The molecule has 7 nitrogen and oxygen atoms in total. The predicted octanol–water partition coefficient (Wildman–Crippen LogP) is 3.41. The monoisotopic (exact) mass is 427 g/mol. The van der Waals surface area contributed by atoms with E-state index in [0.717, 1.165) is 16.7 Å². The average Bonchev–Trinajstić information content (AvgIpc) is 3.16. The van der Waals surface area contributed by atoms with Crippen LogP contribution in [0.1, 0.15) is 41.1 Å². The number of nitrogens with one attached hydrogen (secondary N) is 2. The zero-order chi connectivity index (χ0) is 21.7. The molecule has 30 heavy (non-hydrogen) atoms. The van der Waals surface area contributed by atoms with Crippen molar-refractivity contribution >= 4 is 15.9 Å². The summed E-state index contributed by atoms with van der Waals surface area (Å²) >= 11 is 0. The summed E-state index contributed by atoms with van der Waals surface area (Å²) in [5.41, 5.74) is 3.91. The normalized spacial score (nSPS) is 11.6. The lowest BCUT2D eigenvalue weighted by Crippen LogP contribution is -2.31. The van der Waals surface area contributed by atoms with Crippen molar-refractivity contribution in [1.82, 2.24) is 15.2 Å². The van der Waals surface area contributed by atoms with Gasteiger partial charge in [0.05, 0.1) is 5.75 Å². The first-order valence-corrected chi connectivity index (χ1v) is 11.3. The number of rotatable bonds is 8. The van der Waals surface area contributed by atoms with Crippen LogP contribution in [0.25, 0.3) is 11.3 Å². The van der Waals surface area contributed by atoms with Crippen LogP contribution < -0.4 is 10.0 Å². The van der Waals surface area contributed by atoms with E-state index in [9.17, 15) is 13.2 Å². The lowest BCUT2D eigenvalue weighted by Gasteiger charge is -2.13. The highest BCUT2D eigenvalue weighted by Gasteiger charge is 2.17. The second-order valence-electron chi connectivity index (χ2n) is 7.43. The molecule has 0 fully saturated rings. The molecule has 0 spiro atoms. The largest absolute Gasteiger partial charge is 0.350 e. The van der Waals surface area contributed by atoms with Crippen LogP contribution in [0.3, 0.4) is 0 Å². The molecule has 8 heteroatoms. The number of amides is 1. The van der Waals surface area contributed by atoms with Crippen molar-refractivity contribution in [1.29, 1.82) is 0 Å². The third-order valence-electron chi connectivity index (χ3n) is 4.40. The Morgan fingerprint density at radius 1 is 1.07 bits per heavy atom. The van der Waals surface area contributed by atoms with Gasteiger partial charge in [-0.1, -0.05) is 59.3 Å². The molecule has 0 saturated heterocycles. The Morgan fingerprint density at radius 2 is 1.73 bits per heavy atom. The summed E-state index contributed by atoms with van der Waals surface area (Å²) in [6.45, 7) is 5.71. The minimum Gasteiger partial charge on any atom is -0.350 e. The van der Waals surface area contributed by atoms with E-state index in [2.05, 4.69) is 15.2 Å². The topological polar surface area (TPSA) is 101 Å². The van der Waals surface area contributed by atoms with Crippen LogP contribution in [0.5, 0.6) is 0 Å². The summed E-state index contributed by atoms with van der Waals surface area (Å²) in [6.07, 6.45) is 0. The summed E-state index contributed by atoms with van der Waals surface area (Å²) in [7, 11) is -3.47. The van der Waals surface area contributed by atoms with Gasteiger partial charge in [-0.25, -0.2) is 13.1 Å². The first kappa shape index (κ1) is 21.7. The molecule has 1 amide bonds. The molecule has 158 valence electrons. The second kappa shape index (κ2) is 9.23. The molecular weight excluding hydrogens is 402 g/mol. The number of aryl methyl sites for hydroxylation is 1. The van der Waals surface area contributed by atoms with Gasteiger partial charge >= 0.3 is 0 Å². The van der Waals surface area contributed by atoms with Gasteiger partial charge in [0.2, 0.25) is 15.8 Å². The molecule has 0 aliphatic rings. The van der Waals surface area contributed by atoms with Crippen molar-refractivity contribution in [2.75, 3.05) is 0 Å². The van der Waals surface area contributed by atoms with Gasteiger partial charge in [-0.05, 0) is 31.9 Å². The Hall–Kier alpha value is -2.97. The van der Waals surface area contributed by atoms with Crippen molar-refractivity contribution in [3.63, 3.8) is 0 Å². The molecule has 1 heterocycles. The standard InChI is InChI=1S/C22H25N3O4S/c1-15(2)25-30(27,28)14-19-7-5-4-6-18(19)13-23-22(26)21-12-20(24-29-21)17-10-8-16(3)9-11-17/h4-12,15,25H,13-14H2,1-3H3,(H,23,26). The van der Waals surface area contributed by atoms with E-state index in [4.69, 9.17) is 4.52 Å². The molecular formula is C22H25N3O4S. The number of carbonyl (C=O) groups is 1. The highest BCUT2D eigenvalue weighted by atomic mass is 32.2. The fourth-order valence-corrected chi connectivity index (χ4v) is 4.47. The fraction of sp³-hybridized carbons (Fsp3) is 0.273. The fourth-order valence-electron chi connectivity index (χ4n) is 2.98. The van der Waals surface area contributed by atoms with Crippen LogP contribution in [0, 0.1) is 6.92 Å². The molecule has 0 bridgehead atoms. The number of hydrogen-bond acceptors (Lipinski definition) is 5. The smallest absolute Gasteiger partial charge is 0.290 e. The highest BCUT2D eigenvalue weighted by molar-refractivity contribution is 7.88. The Labute approximate surface area is 176 Å². The van der Waals surface area contributed by atoms with Crippen LogP contribution in [0.15, 0.2) is 59.1 Å². The maximum atomic E-state index is 12.5. The molecule has 1 aromatic heterocycles. The SMILES string of the molecule is Cc1ccc(-c2cc(C(=O)NCc3ccccc3CS(=O)(=O)NC(C)C)on2)cc1. The molecule has 0 radical (unpaired) electrons. The van der Waals surface area contributed by atoms with E-state index in [0.29, 0.717) is 11.3 Å². The van der Waals surface area contributed by atoms with E-state index < -0.39 is 15.9 Å². The quantitative estimate of drug-likeness (QED) is 0.574. The Bertz CT molecular complexity index is 1120. The summed E-state index contributed by atoms with van der Waals surface area (Å²) < 4.78 is 32.3. The Morgan fingerprint density at radius 3 is 2.40 bits per heavy atom. The van der Waals surface area contributed by atoms with Gasteiger partial charge in [-0.3, -0.25) is 4.79 Å². The molecule has 0 atom stereocenters. The van der Waals surface area contributed by atoms with Gasteiger partial charge in [-0.2, -0.15) is 0 Å². The van der Waals surface area contributed by atoms with E-state index in [1.54, 1.807) is 44.2 Å². The van der Waals surface area contributed by atoms with E-state index in [1.165, 1.54) is 0 Å². The van der Waals surface area contributed by atoms with Crippen LogP contribution >= 0.6 is 0 Å². The Balaban J connectivity index is 1.68. The number of nitrogens with zero attached hydrogens (tertiary/aromatic N) is 1. The average molecular weight is 428 g/mol. The highest BCUT2D eigenvalue weighted by Crippen LogP contribution is 2.20. The number of sulfonamides is 1. The first-order chi connectivity index (χ1) is 14.2.